The van der Waals surface area contributed by atoms with Crippen molar-refractivity contribution in [3.63, 3.8) is 0 Å². The van der Waals surface area contributed by atoms with Crippen LogP contribution in [0.3, 0.4) is 0 Å². The Morgan fingerprint density at radius 2 is 1.81 bits per heavy atom. The minimum atomic E-state index is 0.109. The van der Waals surface area contributed by atoms with Crippen molar-refractivity contribution in [2.24, 2.45) is 5.73 Å². The van der Waals surface area contributed by atoms with Gasteiger partial charge in [-0.1, -0.05) is 23.2 Å². The number of ether oxygens (including phenoxy) is 2. The lowest BCUT2D eigenvalue weighted by Gasteiger charge is -2.18. The van der Waals surface area contributed by atoms with Crippen LogP contribution in [0.1, 0.15) is 19.3 Å². The van der Waals surface area contributed by atoms with Crippen LogP contribution in [0.15, 0.2) is 30.7 Å². The average molecular weight is 473 g/mol. The largest absolute Gasteiger partial charge is 0.495 e. The lowest BCUT2D eigenvalue weighted by atomic mass is 10.0. The Labute approximate surface area is 194 Å². The van der Waals surface area contributed by atoms with Gasteiger partial charge in [-0.3, -0.25) is 4.40 Å². The van der Waals surface area contributed by atoms with Gasteiger partial charge in [0.1, 0.15) is 17.1 Å². The van der Waals surface area contributed by atoms with Crippen LogP contribution in [0.25, 0.3) is 27.8 Å². The summed E-state index contributed by atoms with van der Waals surface area (Å²) >= 11 is 13.4. The molecular formula is C22H22Cl2N6O2. The molecule has 0 amide bonds. The minimum Gasteiger partial charge on any atom is -0.495 e. The zero-order valence-electron chi connectivity index (χ0n) is 17.6. The SMILES string of the molecule is COc1cc(OC)c(Cl)c(-c2cc3cnc(NC4CCCC4N)nc3n3ccnc23)c1Cl. The molecule has 1 saturated carbocycles. The first-order chi connectivity index (χ1) is 15.5. The van der Waals surface area contributed by atoms with E-state index in [0.717, 1.165) is 30.2 Å². The van der Waals surface area contributed by atoms with E-state index in [2.05, 4.69) is 15.3 Å². The van der Waals surface area contributed by atoms with Gasteiger partial charge >= 0.3 is 0 Å². The highest BCUT2D eigenvalue weighted by molar-refractivity contribution is 6.41. The number of fused-ring (bicyclic) bond motifs is 3. The molecule has 4 aromatic rings. The molecule has 0 radical (unpaired) electrons. The molecule has 32 heavy (non-hydrogen) atoms. The van der Waals surface area contributed by atoms with Crippen molar-refractivity contribution in [3.05, 3.63) is 40.8 Å². The molecule has 1 aliphatic rings. The van der Waals surface area contributed by atoms with E-state index in [1.54, 1.807) is 32.7 Å². The van der Waals surface area contributed by atoms with Crippen LogP contribution in [0.2, 0.25) is 10.0 Å². The van der Waals surface area contributed by atoms with E-state index in [9.17, 15) is 0 Å². The fourth-order valence-electron chi connectivity index (χ4n) is 4.28. The first-order valence-electron chi connectivity index (χ1n) is 10.3. The third kappa shape index (κ3) is 3.39. The topological polar surface area (TPSA) is 99.6 Å². The average Bonchev–Trinajstić information content (AvgIpc) is 3.44. The third-order valence-corrected chi connectivity index (χ3v) is 6.68. The van der Waals surface area contributed by atoms with Crippen LogP contribution in [0.4, 0.5) is 5.95 Å². The first kappa shape index (κ1) is 21.1. The summed E-state index contributed by atoms with van der Waals surface area (Å²) in [6.45, 7) is 0. The number of benzene rings is 1. The van der Waals surface area contributed by atoms with E-state index in [1.807, 2.05) is 16.7 Å². The number of nitrogens with two attached hydrogens (primary N) is 1. The van der Waals surface area contributed by atoms with Crippen molar-refractivity contribution in [2.45, 2.75) is 31.3 Å². The first-order valence-corrected chi connectivity index (χ1v) is 11.0. The molecule has 2 unspecified atom stereocenters. The van der Waals surface area contributed by atoms with Crippen molar-refractivity contribution < 1.29 is 9.47 Å². The number of imidazole rings is 1. The second-order valence-electron chi connectivity index (χ2n) is 7.78. The van der Waals surface area contributed by atoms with E-state index in [0.29, 0.717) is 44.4 Å². The van der Waals surface area contributed by atoms with Crippen LogP contribution >= 0.6 is 23.2 Å². The summed E-state index contributed by atoms with van der Waals surface area (Å²) in [6.07, 6.45) is 8.45. The summed E-state index contributed by atoms with van der Waals surface area (Å²) in [5, 5.41) is 4.93. The highest BCUT2D eigenvalue weighted by Gasteiger charge is 2.25. The van der Waals surface area contributed by atoms with Gasteiger partial charge in [-0.2, -0.15) is 4.98 Å². The van der Waals surface area contributed by atoms with Crippen LogP contribution < -0.4 is 20.5 Å². The third-order valence-electron chi connectivity index (χ3n) is 5.93. The van der Waals surface area contributed by atoms with Gasteiger partial charge in [0.15, 0.2) is 5.65 Å². The van der Waals surface area contributed by atoms with Crippen LogP contribution in [-0.2, 0) is 0 Å². The molecule has 3 N–H and O–H groups in total. The number of halogens is 2. The number of nitrogens with one attached hydrogen (secondary N) is 1. The molecule has 2 atom stereocenters. The Morgan fingerprint density at radius 3 is 2.47 bits per heavy atom. The summed E-state index contributed by atoms with van der Waals surface area (Å²) < 4.78 is 12.8. The number of nitrogens with zero attached hydrogens (tertiary/aromatic N) is 4. The Bertz CT molecular complexity index is 1300. The van der Waals surface area contributed by atoms with Gasteiger partial charge in [-0.15, -0.1) is 0 Å². The zero-order chi connectivity index (χ0) is 22.4. The van der Waals surface area contributed by atoms with E-state index in [4.69, 9.17) is 43.4 Å². The molecule has 5 rings (SSSR count). The Morgan fingerprint density at radius 1 is 1.06 bits per heavy atom. The second-order valence-corrected chi connectivity index (χ2v) is 8.54. The molecule has 3 aromatic heterocycles. The van der Waals surface area contributed by atoms with Gasteiger partial charge < -0.3 is 20.5 Å². The van der Waals surface area contributed by atoms with Crippen LogP contribution in [0.5, 0.6) is 11.5 Å². The Hall–Kier alpha value is -2.81. The fourth-order valence-corrected chi connectivity index (χ4v) is 4.98. The van der Waals surface area contributed by atoms with Gasteiger partial charge in [0, 0.05) is 53.3 Å². The molecule has 10 heteroatoms. The van der Waals surface area contributed by atoms with E-state index in [1.165, 1.54) is 0 Å². The number of pyridine rings is 1. The maximum Gasteiger partial charge on any atom is 0.224 e. The van der Waals surface area contributed by atoms with E-state index >= 15 is 0 Å². The Kier molecular flexibility index (Phi) is 5.44. The summed E-state index contributed by atoms with van der Waals surface area (Å²) in [5.41, 5.74) is 8.85. The summed E-state index contributed by atoms with van der Waals surface area (Å²) in [5.74, 6) is 1.45. The minimum absolute atomic E-state index is 0.109. The van der Waals surface area contributed by atoms with Crippen LogP contribution in [0, 0.1) is 0 Å². The van der Waals surface area contributed by atoms with Crippen molar-refractivity contribution >= 4 is 45.8 Å². The lowest BCUT2D eigenvalue weighted by Crippen LogP contribution is -2.35. The van der Waals surface area contributed by atoms with Crippen molar-refractivity contribution in [2.75, 3.05) is 19.5 Å². The monoisotopic (exact) mass is 472 g/mol. The van der Waals surface area contributed by atoms with Crippen LogP contribution in [-0.4, -0.2) is 45.7 Å². The number of methoxy groups -OCH3 is 2. The number of hydrogen-bond acceptors (Lipinski definition) is 7. The molecule has 8 nitrogen and oxygen atoms in total. The Balaban J connectivity index is 1.69. The quantitative estimate of drug-likeness (QED) is 0.438. The molecule has 1 aromatic carbocycles. The summed E-state index contributed by atoms with van der Waals surface area (Å²) in [7, 11) is 3.09. The summed E-state index contributed by atoms with van der Waals surface area (Å²) in [6, 6.07) is 3.87. The fraction of sp³-hybridized carbons (Fsp3) is 0.318. The molecule has 1 fully saturated rings. The second kappa shape index (κ2) is 8.27. The van der Waals surface area contributed by atoms with Crippen molar-refractivity contribution in [3.8, 4) is 22.6 Å². The predicted octanol–water partition coefficient (Wildman–Crippen LogP) is 4.56. The summed E-state index contributed by atoms with van der Waals surface area (Å²) in [4.78, 5) is 13.8. The van der Waals surface area contributed by atoms with Gasteiger partial charge in [0.25, 0.3) is 0 Å². The van der Waals surface area contributed by atoms with Gasteiger partial charge in [0.2, 0.25) is 5.95 Å². The van der Waals surface area contributed by atoms with E-state index in [-0.39, 0.29) is 12.1 Å². The van der Waals surface area contributed by atoms with Gasteiger partial charge in [-0.25, -0.2) is 9.97 Å². The van der Waals surface area contributed by atoms with Gasteiger partial charge in [0.05, 0.1) is 24.3 Å². The molecule has 0 spiro atoms. The smallest absolute Gasteiger partial charge is 0.224 e. The highest BCUT2D eigenvalue weighted by atomic mass is 35.5. The molecule has 0 aliphatic heterocycles. The van der Waals surface area contributed by atoms with E-state index < -0.39 is 0 Å². The van der Waals surface area contributed by atoms with Gasteiger partial charge in [-0.05, 0) is 25.3 Å². The maximum absolute atomic E-state index is 6.68. The molecule has 0 saturated heterocycles. The number of hydrogen-bond donors (Lipinski definition) is 2. The molecular weight excluding hydrogens is 451 g/mol. The molecule has 0 bridgehead atoms. The normalized spacial score (nSPS) is 18.4. The van der Waals surface area contributed by atoms with Crippen molar-refractivity contribution in [1.82, 2.24) is 19.4 Å². The number of aromatic nitrogens is 4. The number of rotatable bonds is 5. The molecule has 3 heterocycles. The molecule has 1 aliphatic carbocycles. The molecule has 166 valence electrons. The maximum atomic E-state index is 6.68. The predicted molar refractivity (Wildman–Crippen MR) is 126 cm³/mol. The van der Waals surface area contributed by atoms with Crippen molar-refractivity contribution in [1.29, 1.82) is 0 Å². The lowest BCUT2D eigenvalue weighted by molar-refractivity contribution is 0.395. The standard InChI is InChI=1S/C22H22Cl2N6O2/c1-31-15-9-16(32-2)19(24)17(18(15)23)12-8-11-10-27-22(28-14-5-3-4-13(14)25)29-20(11)30-7-6-26-21(12)30/h6-10,13-14H,3-5,25H2,1-2H3,(H,27,28,29). The number of anilines is 1. The highest BCUT2D eigenvalue weighted by Crippen LogP contribution is 2.47. The zero-order valence-corrected chi connectivity index (χ0v) is 19.1.